The van der Waals surface area contributed by atoms with Crippen LogP contribution in [0.3, 0.4) is 0 Å². The molecule has 2 saturated heterocycles. The number of hydrogen-bond donors (Lipinski definition) is 2. The summed E-state index contributed by atoms with van der Waals surface area (Å²) in [6.07, 6.45) is 6.45. The zero-order valence-corrected chi connectivity index (χ0v) is 10.5. The highest BCUT2D eigenvalue weighted by molar-refractivity contribution is 5.80. The Kier molecular flexibility index (Phi) is 4.18. The van der Waals surface area contributed by atoms with Gasteiger partial charge >= 0.3 is 5.97 Å². The van der Waals surface area contributed by atoms with Gasteiger partial charge in [-0.1, -0.05) is 12.0 Å². The van der Waals surface area contributed by atoms with Crippen LogP contribution in [-0.4, -0.2) is 47.7 Å². The minimum absolute atomic E-state index is 0.549. The highest BCUT2D eigenvalue weighted by Crippen LogP contribution is 2.27. The lowest BCUT2D eigenvalue weighted by molar-refractivity contribution is -0.131. The van der Waals surface area contributed by atoms with Gasteiger partial charge in [0.05, 0.1) is 0 Å². The predicted octanol–water partition coefficient (Wildman–Crippen LogP) is 1.23. The topological polar surface area (TPSA) is 52.6 Å². The molecule has 4 nitrogen and oxygen atoms in total. The van der Waals surface area contributed by atoms with E-state index in [4.69, 9.17) is 5.11 Å². The molecule has 0 radical (unpaired) electrons. The van der Waals surface area contributed by atoms with Crippen LogP contribution in [0.25, 0.3) is 0 Å². The highest BCUT2D eigenvalue weighted by Gasteiger charge is 2.34. The quantitative estimate of drug-likeness (QED) is 0.723. The Morgan fingerprint density at radius 3 is 3.00 bits per heavy atom. The second kappa shape index (κ2) is 5.65. The summed E-state index contributed by atoms with van der Waals surface area (Å²) in [6.45, 7) is 5.01. The molecular formula is C13H22N2O2. The van der Waals surface area contributed by atoms with E-state index in [1.807, 2.05) is 6.92 Å². The van der Waals surface area contributed by atoms with Crippen LogP contribution in [0.2, 0.25) is 0 Å². The molecule has 0 aromatic rings. The molecule has 2 heterocycles. The molecule has 0 aromatic carbocycles. The van der Waals surface area contributed by atoms with E-state index in [9.17, 15) is 4.79 Å². The summed E-state index contributed by atoms with van der Waals surface area (Å²) in [4.78, 5) is 13.1. The number of carboxylic acids is 1. The predicted molar refractivity (Wildman–Crippen MR) is 67.0 cm³/mol. The second-order valence-corrected chi connectivity index (χ2v) is 5.20. The zero-order chi connectivity index (χ0) is 12.3. The third-order valence-electron chi connectivity index (χ3n) is 3.87. The SMILES string of the molecule is CC(=CC(=O)O)CNC1CCN2CCCCC12. The van der Waals surface area contributed by atoms with Gasteiger partial charge in [-0.2, -0.15) is 0 Å². The van der Waals surface area contributed by atoms with Crippen LogP contribution in [0.1, 0.15) is 32.6 Å². The van der Waals surface area contributed by atoms with Crippen molar-refractivity contribution in [3.05, 3.63) is 11.6 Å². The molecular weight excluding hydrogens is 216 g/mol. The Labute approximate surface area is 103 Å². The lowest BCUT2D eigenvalue weighted by Gasteiger charge is -2.32. The molecule has 4 heteroatoms. The van der Waals surface area contributed by atoms with E-state index >= 15 is 0 Å². The Hall–Kier alpha value is -0.870. The Balaban J connectivity index is 1.81. The van der Waals surface area contributed by atoms with Crippen LogP contribution >= 0.6 is 0 Å². The molecule has 0 spiro atoms. The Morgan fingerprint density at radius 1 is 1.41 bits per heavy atom. The fourth-order valence-electron chi connectivity index (χ4n) is 3.04. The lowest BCUT2D eigenvalue weighted by Crippen LogP contribution is -2.45. The third kappa shape index (κ3) is 3.30. The van der Waals surface area contributed by atoms with Gasteiger partial charge < -0.3 is 10.4 Å². The van der Waals surface area contributed by atoms with Crippen molar-refractivity contribution in [2.45, 2.75) is 44.7 Å². The van der Waals surface area contributed by atoms with Gasteiger partial charge in [-0.3, -0.25) is 4.90 Å². The largest absolute Gasteiger partial charge is 0.478 e. The molecule has 2 aliphatic rings. The van der Waals surface area contributed by atoms with Gasteiger partial charge in [-0.05, 0) is 32.7 Å². The number of aliphatic carboxylic acids is 1. The maximum atomic E-state index is 10.5. The number of fused-ring (bicyclic) bond motifs is 1. The zero-order valence-electron chi connectivity index (χ0n) is 10.5. The van der Waals surface area contributed by atoms with Crippen molar-refractivity contribution >= 4 is 5.97 Å². The number of carbonyl (C=O) groups is 1. The van der Waals surface area contributed by atoms with E-state index in [0.29, 0.717) is 18.6 Å². The van der Waals surface area contributed by atoms with Crippen LogP contribution in [0, 0.1) is 0 Å². The van der Waals surface area contributed by atoms with Gasteiger partial charge in [0.25, 0.3) is 0 Å². The van der Waals surface area contributed by atoms with Crippen LogP contribution in [0.15, 0.2) is 11.6 Å². The molecule has 2 unspecified atom stereocenters. The average Bonchev–Trinajstić information content (AvgIpc) is 2.69. The number of carboxylic acid groups (broad SMARTS) is 1. The molecule has 2 atom stereocenters. The minimum atomic E-state index is -0.852. The van der Waals surface area contributed by atoms with Gasteiger partial charge in [0.15, 0.2) is 0 Å². The van der Waals surface area contributed by atoms with Gasteiger partial charge in [-0.25, -0.2) is 4.79 Å². The third-order valence-corrected chi connectivity index (χ3v) is 3.87. The van der Waals surface area contributed by atoms with E-state index in [1.54, 1.807) is 0 Å². The molecule has 2 rings (SSSR count). The first-order valence-electron chi connectivity index (χ1n) is 6.54. The Bertz CT molecular complexity index is 315. The van der Waals surface area contributed by atoms with Crippen molar-refractivity contribution in [1.29, 1.82) is 0 Å². The van der Waals surface area contributed by atoms with Gasteiger partial charge in [0.1, 0.15) is 0 Å². The summed E-state index contributed by atoms with van der Waals surface area (Å²) < 4.78 is 0. The number of nitrogens with one attached hydrogen (secondary N) is 1. The van der Waals surface area contributed by atoms with E-state index in [2.05, 4.69) is 10.2 Å². The average molecular weight is 238 g/mol. The summed E-state index contributed by atoms with van der Waals surface area (Å²) in [6, 6.07) is 1.23. The molecule has 0 saturated carbocycles. The molecule has 0 aliphatic carbocycles. The molecule has 96 valence electrons. The molecule has 2 N–H and O–H groups in total. The molecule has 0 aromatic heterocycles. The summed E-state index contributed by atoms with van der Waals surface area (Å²) in [5.74, 6) is -0.852. The lowest BCUT2D eigenvalue weighted by atomic mass is 9.99. The number of rotatable bonds is 4. The molecule has 0 bridgehead atoms. The number of nitrogens with zero attached hydrogens (tertiary/aromatic N) is 1. The van der Waals surface area contributed by atoms with Crippen LogP contribution < -0.4 is 5.32 Å². The van der Waals surface area contributed by atoms with E-state index < -0.39 is 5.97 Å². The van der Waals surface area contributed by atoms with E-state index in [1.165, 1.54) is 44.8 Å². The highest BCUT2D eigenvalue weighted by atomic mass is 16.4. The van der Waals surface area contributed by atoms with Crippen molar-refractivity contribution in [3.8, 4) is 0 Å². The maximum Gasteiger partial charge on any atom is 0.328 e. The fraction of sp³-hybridized carbons (Fsp3) is 0.769. The monoisotopic (exact) mass is 238 g/mol. The van der Waals surface area contributed by atoms with Gasteiger partial charge in [0, 0.05) is 31.2 Å². The van der Waals surface area contributed by atoms with Crippen molar-refractivity contribution < 1.29 is 9.90 Å². The van der Waals surface area contributed by atoms with Crippen LogP contribution in [0.4, 0.5) is 0 Å². The van der Waals surface area contributed by atoms with Crippen molar-refractivity contribution in [2.75, 3.05) is 19.6 Å². The smallest absolute Gasteiger partial charge is 0.328 e. The van der Waals surface area contributed by atoms with Crippen LogP contribution in [0.5, 0.6) is 0 Å². The van der Waals surface area contributed by atoms with Gasteiger partial charge in [0.2, 0.25) is 0 Å². The Morgan fingerprint density at radius 2 is 2.24 bits per heavy atom. The van der Waals surface area contributed by atoms with E-state index in [0.717, 1.165) is 5.57 Å². The first-order chi connectivity index (χ1) is 8.16. The molecule has 2 fully saturated rings. The maximum absolute atomic E-state index is 10.5. The second-order valence-electron chi connectivity index (χ2n) is 5.20. The summed E-state index contributed by atoms with van der Waals surface area (Å²) in [5, 5.41) is 12.2. The molecule has 17 heavy (non-hydrogen) atoms. The molecule has 2 aliphatic heterocycles. The standard InChI is InChI=1S/C13H22N2O2/c1-10(8-13(16)17)9-14-11-5-7-15-6-3-2-4-12(11)15/h8,11-12,14H,2-7,9H2,1H3,(H,16,17). The first kappa shape index (κ1) is 12.6. The fourth-order valence-corrected chi connectivity index (χ4v) is 3.04. The summed E-state index contributed by atoms with van der Waals surface area (Å²) in [5.41, 5.74) is 0.895. The van der Waals surface area contributed by atoms with Crippen molar-refractivity contribution in [3.63, 3.8) is 0 Å². The first-order valence-corrected chi connectivity index (χ1v) is 6.54. The van der Waals surface area contributed by atoms with Gasteiger partial charge in [-0.15, -0.1) is 0 Å². The summed E-state index contributed by atoms with van der Waals surface area (Å²) in [7, 11) is 0. The van der Waals surface area contributed by atoms with Crippen LogP contribution in [-0.2, 0) is 4.79 Å². The number of piperidine rings is 1. The van der Waals surface area contributed by atoms with E-state index in [-0.39, 0.29) is 0 Å². The number of hydrogen-bond acceptors (Lipinski definition) is 3. The van der Waals surface area contributed by atoms with Crippen molar-refractivity contribution in [2.24, 2.45) is 0 Å². The minimum Gasteiger partial charge on any atom is -0.478 e. The van der Waals surface area contributed by atoms with Crippen molar-refractivity contribution in [1.82, 2.24) is 10.2 Å². The summed E-state index contributed by atoms with van der Waals surface area (Å²) >= 11 is 0. The molecule has 0 amide bonds. The normalized spacial score (nSPS) is 30.3.